The summed E-state index contributed by atoms with van der Waals surface area (Å²) in [4.78, 5) is 25.5. The standard InChI is InChI=1S/C21H26O5S/c1-14(2)20-10-11-21(26-20,13-27-16-8-6-5-7-9-16)18(19(23)24-4)17(12-20)25-15(3)22/h5-9,14H,10-13H2,1-4H3/t20-,21-/m0/s1. The SMILES string of the molecule is COC(=O)C1=C(OC(C)=O)C[C@]2(C(C)C)CC[C@@]1(CSc1ccccc1)O2. The van der Waals surface area contributed by atoms with E-state index in [0.29, 0.717) is 29.9 Å². The Kier molecular flexibility index (Phi) is 5.68. The Morgan fingerprint density at radius 1 is 1.22 bits per heavy atom. The van der Waals surface area contributed by atoms with Gasteiger partial charge in [-0.1, -0.05) is 32.0 Å². The van der Waals surface area contributed by atoms with Crippen LogP contribution in [0.1, 0.15) is 40.0 Å². The number of benzene rings is 1. The molecule has 146 valence electrons. The van der Waals surface area contributed by atoms with Gasteiger partial charge in [0.15, 0.2) is 0 Å². The Balaban J connectivity index is 2.03. The number of fused-ring (bicyclic) bond motifs is 2. The second-order valence-electron chi connectivity index (χ2n) is 7.48. The van der Waals surface area contributed by atoms with Gasteiger partial charge >= 0.3 is 11.9 Å². The number of methoxy groups -OCH3 is 1. The van der Waals surface area contributed by atoms with Crippen molar-refractivity contribution in [3.8, 4) is 0 Å². The van der Waals surface area contributed by atoms with E-state index in [1.165, 1.54) is 14.0 Å². The number of hydrogen-bond acceptors (Lipinski definition) is 6. The molecule has 0 spiro atoms. The lowest BCUT2D eigenvalue weighted by atomic mass is 9.83. The van der Waals surface area contributed by atoms with Gasteiger partial charge in [-0.15, -0.1) is 11.8 Å². The van der Waals surface area contributed by atoms with E-state index in [1.807, 2.05) is 30.3 Å². The molecule has 1 fully saturated rings. The van der Waals surface area contributed by atoms with Crippen molar-refractivity contribution in [1.82, 2.24) is 0 Å². The molecule has 0 N–H and O–H groups in total. The van der Waals surface area contributed by atoms with Gasteiger partial charge in [0.05, 0.1) is 12.7 Å². The third-order valence-corrected chi connectivity index (χ3v) is 6.68. The van der Waals surface area contributed by atoms with Gasteiger partial charge in [-0.3, -0.25) is 4.79 Å². The second-order valence-corrected chi connectivity index (χ2v) is 8.53. The molecule has 0 saturated carbocycles. The molecular formula is C21H26O5S. The average Bonchev–Trinajstić information content (AvgIpc) is 2.95. The van der Waals surface area contributed by atoms with Crippen LogP contribution in [0.2, 0.25) is 0 Å². The number of carbonyl (C=O) groups excluding carboxylic acids is 2. The highest BCUT2D eigenvalue weighted by atomic mass is 32.2. The number of thioether (sulfide) groups is 1. The summed E-state index contributed by atoms with van der Waals surface area (Å²) in [5.41, 5.74) is -0.891. The third-order valence-electron chi connectivity index (χ3n) is 5.47. The van der Waals surface area contributed by atoms with Crippen molar-refractivity contribution in [2.45, 2.75) is 56.1 Å². The van der Waals surface area contributed by atoms with Crippen molar-refractivity contribution >= 4 is 23.7 Å². The minimum atomic E-state index is -0.819. The summed E-state index contributed by atoms with van der Waals surface area (Å²) in [5, 5.41) is 0. The first kappa shape index (κ1) is 20.0. The van der Waals surface area contributed by atoms with Crippen LogP contribution in [0.3, 0.4) is 0 Å². The Morgan fingerprint density at radius 2 is 1.93 bits per heavy atom. The van der Waals surface area contributed by atoms with Gasteiger partial charge in [-0.2, -0.15) is 0 Å². The van der Waals surface area contributed by atoms with Gasteiger partial charge in [0.1, 0.15) is 16.9 Å². The molecule has 0 aromatic heterocycles. The minimum Gasteiger partial charge on any atom is -0.465 e. The molecule has 6 heteroatoms. The number of carbonyl (C=O) groups is 2. The number of rotatable bonds is 6. The predicted octanol–water partition coefficient (Wildman–Crippen LogP) is 4.12. The van der Waals surface area contributed by atoms with Crippen molar-refractivity contribution in [3.63, 3.8) is 0 Å². The molecule has 2 aliphatic rings. The predicted molar refractivity (Wildman–Crippen MR) is 103 cm³/mol. The number of hydrogen-bond donors (Lipinski definition) is 0. The minimum absolute atomic E-state index is 0.228. The number of esters is 2. The zero-order valence-corrected chi connectivity index (χ0v) is 17.1. The summed E-state index contributed by atoms with van der Waals surface area (Å²) in [6.45, 7) is 5.57. The van der Waals surface area contributed by atoms with E-state index in [4.69, 9.17) is 14.2 Å². The molecule has 0 radical (unpaired) electrons. The maximum absolute atomic E-state index is 12.7. The third kappa shape index (κ3) is 3.78. The van der Waals surface area contributed by atoms with E-state index >= 15 is 0 Å². The maximum Gasteiger partial charge on any atom is 0.340 e. The summed E-state index contributed by atoms with van der Waals surface area (Å²) in [6.07, 6.45) is 1.91. The van der Waals surface area contributed by atoms with Crippen LogP contribution in [0.5, 0.6) is 0 Å². The second kappa shape index (κ2) is 7.68. The Bertz CT molecular complexity index is 757. The largest absolute Gasteiger partial charge is 0.465 e. The van der Waals surface area contributed by atoms with Gasteiger partial charge in [0.2, 0.25) is 0 Å². The monoisotopic (exact) mass is 390 g/mol. The van der Waals surface area contributed by atoms with E-state index < -0.39 is 23.1 Å². The highest BCUT2D eigenvalue weighted by molar-refractivity contribution is 7.99. The van der Waals surface area contributed by atoms with Crippen LogP contribution < -0.4 is 0 Å². The first-order valence-electron chi connectivity index (χ1n) is 9.20. The van der Waals surface area contributed by atoms with Crippen LogP contribution in [0.4, 0.5) is 0 Å². The Labute approximate surface area is 164 Å². The lowest BCUT2D eigenvalue weighted by molar-refractivity contribution is -0.154. The fourth-order valence-corrected chi connectivity index (χ4v) is 5.08. The number of ether oxygens (including phenoxy) is 3. The highest BCUT2D eigenvalue weighted by Gasteiger charge is 2.60. The molecule has 2 atom stereocenters. The zero-order chi connectivity index (χ0) is 19.7. The molecule has 1 aromatic carbocycles. The average molecular weight is 391 g/mol. The van der Waals surface area contributed by atoms with Crippen molar-refractivity contribution < 1.29 is 23.8 Å². The fourth-order valence-electron chi connectivity index (χ4n) is 3.98. The maximum atomic E-state index is 12.7. The molecule has 0 aliphatic carbocycles. The van der Waals surface area contributed by atoms with E-state index in [0.717, 1.165) is 11.3 Å². The quantitative estimate of drug-likeness (QED) is 0.538. The highest BCUT2D eigenvalue weighted by Crippen LogP contribution is 2.55. The van der Waals surface area contributed by atoms with Crippen molar-refractivity contribution in [2.75, 3.05) is 12.9 Å². The van der Waals surface area contributed by atoms with Crippen molar-refractivity contribution in [1.29, 1.82) is 0 Å². The molecule has 0 unspecified atom stereocenters. The van der Waals surface area contributed by atoms with Crippen LogP contribution in [0.25, 0.3) is 0 Å². The summed E-state index contributed by atoms with van der Waals surface area (Å²) in [5.74, 6) is 0.267. The van der Waals surface area contributed by atoms with E-state index in [-0.39, 0.29) is 5.92 Å². The lowest BCUT2D eigenvalue weighted by Crippen LogP contribution is -2.49. The summed E-state index contributed by atoms with van der Waals surface area (Å²) in [6, 6.07) is 10.00. The normalized spacial score (nSPS) is 27.0. The zero-order valence-electron chi connectivity index (χ0n) is 16.2. The molecule has 1 aromatic rings. The van der Waals surface area contributed by atoms with Gasteiger partial charge in [-0.05, 0) is 30.9 Å². The molecule has 2 aliphatic heterocycles. The summed E-state index contributed by atoms with van der Waals surface area (Å²) < 4.78 is 17.2. The first-order valence-corrected chi connectivity index (χ1v) is 10.2. The molecule has 27 heavy (non-hydrogen) atoms. The Hall–Kier alpha value is -1.79. The van der Waals surface area contributed by atoms with E-state index in [9.17, 15) is 9.59 Å². The van der Waals surface area contributed by atoms with Crippen LogP contribution in [0, 0.1) is 5.92 Å². The van der Waals surface area contributed by atoms with Crippen LogP contribution in [-0.4, -0.2) is 36.0 Å². The van der Waals surface area contributed by atoms with Crippen LogP contribution in [0.15, 0.2) is 46.6 Å². The molecule has 1 saturated heterocycles. The fraction of sp³-hybridized carbons (Fsp3) is 0.524. The smallest absolute Gasteiger partial charge is 0.340 e. The summed E-state index contributed by atoms with van der Waals surface area (Å²) in [7, 11) is 1.35. The summed E-state index contributed by atoms with van der Waals surface area (Å²) >= 11 is 1.63. The lowest BCUT2D eigenvalue weighted by Gasteiger charge is -2.43. The molecule has 2 bridgehead atoms. The van der Waals surface area contributed by atoms with Gasteiger partial charge in [0.25, 0.3) is 0 Å². The molecule has 2 heterocycles. The van der Waals surface area contributed by atoms with E-state index in [2.05, 4.69) is 13.8 Å². The van der Waals surface area contributed by atoms with E-state index in [1.54, 1.807) is 11.8 Å². The topological polar surface area (TPSA) is 61.8 Å². The van der Waals surface area contributed by atoms with Crippen LogP contribution in [-0.2, 0) is 23.8 Å². The van der Waals surface area contributed by atoms with Crippen molar-refractivity contribution in [3.05, 3.63) is 41.7 Å². The van der Waals surface area contributed by atoms with Gasteiger partial charge in [-0.25, -0.2) is 4.79 Å². The molecule has 3 rings (SSSR count). The first-order chi connectivity index (χ1) is 12.8. The molecular weight excluding hydrogens is 364 g/mol. The Morgan fingerprint density at radius 3 is 2.52 bits per heavy atom. The molecule has 0 amide bonds. The van der Waals surface area contributed by atoms with Gasteiger partial charge in [0, 0.05) is 24.0 Å². The van der Waals surface area contributed by atoms with Crippen molar-refractivity contribution in [2.24, 2.45) is 5.92 Å². The van der Waals surface area contributed by atoms with Gasteiger partial charge < -0.3 is 14.2 Å². The van der Waals surface area contributed by atoms with Crippen LogP contribution >= 0.6 is 11.8 Å². The molecule has 5 nitrogen and oxygen atoms in total.